The smallest absolute Gasteiger partial charge is 0.408 e. The van der Waals surface area contributed by atoms with Crippen LogP contribution in [0.5, 0.6) is 0 Å². The van der Waals surface area contributed by atoms with Gasteiger partial charge in [-0.3, -0.25) is 24.0 Å². The third-order valence-electron chi connectivity index (χ3n) is 7.43. The average molecular weight is 697 g/mol. The molecule has 0 unspecified atom stereocenters. The van der Waals surface area contributed by atoms with E-state index in [2.05, 4.69) is 31.9 Å². The van der Waals surface area contributed by atoms with Gasteiger partial charge in [-0.25, -0.2) is 9.59 Å². The van der Waals surface area contributed by atoms with E-state index in [0.29, 0.717) is 5.56 Å². The molecule has 15 nitrogen and oxygen atoms in total. The lowest BCUT2D eigenvalue weighted by Crippen LogP contribution is -2.58. The molecular formula is C35H48N6O9. The highest BCUT2D eigenvalue weighted by Crippen LogP contribution is 2.07. The largest absolute Gasteiger partial charge is 0.480 e. The van der Waals surface area contributed by atoms with Crippen molar-refractivity contribution in [3.63, 3.8) is 0 Å². The Bertz CT molecular complexity index is 1470. The Morgan fingerprint density at radius 1 is 0.540 bits per heavy atom. The van der Waals surface area contributed by atoms with E-state index in [1.165, 1.54) is 27.7 Å². The van der Waals surface area contributed by atoms with Crippen LogP contribution in [0.25, 0.3) is 0 Å². The van der Waals surface area contributed by atoms with E-state index in [1.54, 1.807) is 54.6 Å². The first kappa shape index (κ1) is 40.7. The fourth-order valence-corrected chi connectivity index (χ4v) is 4.54. The van der Waals surface area contributed by atoms with Crippen LogP contribution in [0.3, 0.4) is 0 Å². The standard InChI is InChI=1S/C35H48N6O9/c1-20(2)17-27(40-32(45)24(6)39-35(49)50-19-26-15-11-8-12-16-26)33(46)38-22(4)30(43)36-21(3)29(42)37-23(5)31(44)41-28(34(47)48)18-25-13-9-7-10-14-25/h7-16,20-24,27-28H,17-19H2,1-6H3,(H,36,43)(H,37,42)(H,38,46)(H,39,49)(H,40,45)(H,41,44)(H,47,48)/t21-,22-,23-,24-,27-,28-/m0/s1. The minimum atomic E-state index is -1.24. The molecule has 0 saturated heterocycles. The van der Waals surface area contributed by atoms with Crippen molar-refractivity contribution in [2.75, 3.05) is 0 Å². The summed E-state index contributed by atoms with van der Waals surface area (Å²) in [6.45, 7) is 9.29. The lowest BCUT2D eigenvalue weighted by molar-refractivity contribution is -0.142. The topological polar surface area (TPSA) is 221 Å². The van der Waals surface area contributed by atoms with Crippen LogP contribution in [0.4, 0.5) is 4.79 Å². The molecule has 0 heterocycles. The molecule has 0 aliphatic rings. The number of hydrogen-bond donors (Lipinski definition) is 7. The monoisotopic (exact) mass is 696 g/mol. The molecule has 0 aliphatic heterocycles. The molecule has 2 aromatic carbocycles. The van der Waals surface area contributed by atoms with Crippen LogP contribution in [-0.2, 0) is 46.5 Å². The van der Waals surface area contributed by atoms with Crippen LogP contribution in [0, 0.1) is 5.92 Å². The van der Waals surface area contributed by atoms with Crippen molar-refractivity contribution in [1.82, 2.24) is 31.9 Å². The summed E-state index contributed by atoms with van der Waals surface area (Å²) in [6, 6.07) is 11.0. The Balaban J connectivity index is 1.87. The number of hydrogen-bond acceptors (Lipinski definition) is 8. The van der Waals surface area contributed by atoms with Crippen LogP contribution >= 0.6 is 0 Å². The Morgan fingerprint density at radius 2 is 0.940 bits per heavy atom. The Labute approximate surface area is 291 Å². The molecule has 0 fully saturated rings. The molecule has 15 heteroatoms. The summed E-state index contributed by atoms with van der Waals surface area (Å²) in [5, 5.41) is 24.4. The zero-order valence-corrected chi connectivity index (χ0v) is 29.1. The molecule has 7 N–H and O–H groups in total. The van der Waals surface area contributed by atoms with Gasteiger partial charge in [-0.2, -0.15) is 0 Å². The van der Waals surface area contributed by atoms with Gasteiger partial charge in [-0.15, -0.1) is 0 Å². The van der Waals surface area contributed by atoms with Crippen molar-refractivity contribution in [2.45, 2.75) is 97.2 Å². The second-order valence-electron chi connectivity index (χ2n) is 12.4. The molecule has 50 heavy (non-hydrogen) atoms. The fourth-order valence-electron chi connectivity index (χ4n) is 4.54. The Kier molecular flexibility index (Phi) is 16.4. The first-order chi connectivity index (χ1) is 23.6. The number of benzene rings is 2. The van der Waals surface area contributed by atoms with Crippen molar-refractivity contribution in [3.8, 4) is 0 Å². The summed E-state index contributed by atoms with van der Waals surface area (Å²) in [4.78, 5) is 88.2. The quantitative estimate of drug-likeness (QED) is 0.119. The van der Waals surface area contributed by atoms with Crippen LogP contribution in [0.2, 0.25) is 0 Å². The van der Waals surface area contributed by atoms with Gasteiger partial charge in [0.05, 0.1) is 0 Å². The van der Waals surface area contributed by atoms with E-state index in [-0.39, 0.29) is 25.4 Å². The number of ether oxygens (including phenoxy) is 1. The lowest BCUT2D eigenvalue weighted by atomic mass is 10.0. The maximum absolute atomic E-state index is 13.1. The molecule has 0 aromatic heterocycles. The number of aliphatic carboxylic acids is 1. The molecule has 2 aromatic rings. The van der Waals surface area contributed by atoms with Gasteiger partial charge in [0.15, 0.2) is 0 Å². The summed E-state index contributed by atoms with van der Waals surface area (Å²) in [7, 11) is 0. The maximum atomic E-state index is 13.1. The summed E-state index contributed by atoms with van der Waals surface area (Å²) >= 11 is 0. The van der Waals surface area contributed by atoms with Gasteiger partial charge >= 0.3 is 12.1 Å². The van der Waals surface area contributed by atoms with E-state index < -0.39 is 77.8 Å². The molecule has 0 radical (unpaired) electrons. The number of carbonyl (C=O) groups is 7. The third kappa shape index (κ3) is 14.3. The maximum Gasteiger partial charge on any atom is 0.408 e. The van der Waals surface area contributed by atoms with Crippen molar-refractivity contribution in [1.29, 1.82) is 0 Å². The molecular weight excluding hydrogens is 648 g/mol. The van der Waals surface area contributed by atoms with Crippen LogP contribution in [0.1, 0.15) is 59.1 Å². The fraction of sp³-hybridized carbons (Fsp3) is 0.457. The normalized spacial score (nSPS) is 14.4. The molecule has 0 spiro atoms. The van der Waals surface area contributed by atoms with Gasteiger partial charge in [-0.1, -0.05) is 74.5 Å². The van der Waals surface area contributed by atoms with E-state index in [1.807, 2.05) is 19.9 Å². The predicted molar refractivity (Wildman–Crippen MR) is 183 cm³/mol. The number of alkyl carbamates (subject to hydrolysis) is 1. The van der Waals surface area contributed by atoms with Gasteiger partial charge in [0.2, 0.25) is 29.5 Å². The summed E-state index contributed by atoms with van der Waals surface area (Å²) < 4.78 is 5.15. The van der Waals surface area contributed by atoms with E-state index in [0.717, 1.165) is 5.56 Å². The lowest BCUT2D eigenvalue weighted by Gasteiger charge is -2.25. The van der Waals surface area contributed by atoms with Crippen LogP contribution < -0.4 is 31.9 Å². The van der Waals surface area contributed by atoms with Crippen LogP contribution in [0.15, 0.2) is 60.7 Å². The zero-order valence-electron chi connectivity index (χ0n) is 29.1. The molecule has 6 amide bonds. The average Bonchev–Trinajstić information content (AvgIpc) is 3.07. The van der Waals surface area contributed by atoms with E-state index in [9.17, 15) is 38.7 Å². The SMILES string of the molecule is CC(C)C[C@H](NC(=O)[C@H](C)NC(=O)OCc1ccccc1)C(=O)N[C@@H](C)C(=O)N[C@@H](C)C(=O)N[C@@H](C)C(=O)N[C@@H](Cc1ccccc1)C(=O)O. The first-order valence-electron chi connectivity index (χ1n) is 16.3. The second kappa shape index (κ2) is 20.1. The predicted octanol–water partition coefficient (Wildman–Crippen LogP) is 1.16. The molecule has 0 bridgehead atoms. The number of carboxylic acids is 1. The minimum absolute atomic E-state index is 0.0103. The van der Waals surface area contributed by atoms with Gasteiger partial charge in [0.1, 0.15) is 42.9 Å². The highest BCUT2D eigenvalue weighted by atomic mass is 16.5. The molecule has 272 valence electrons. The molecule has 6 atom stereocenters. The highest BCUT2D eigenvalue weighted by molar-refractivity contribution is 5.96. The highest BCUT2D eigenvalue weighted by Gasteiger charge is 2.30. The second-order valence-corrected chi connectivity index (χ2v) is 12.4. The minimum Gasteiger partial charge on any atom is -0.480 e. The van der Waals surface area contributed by atoms with Gasteiger partial charge in [0.25, 0.3) is 0 Å². The Morgan fingerprint density at radius 3 is 1.40 bits per heavy atom. The molecule has 0 aliphatic carbocycles. The molecule has 0 saturated carbocycles. The van der Waals surface area contributed by atoms with E-state index in [4.69, 9.17) is 4.74 Å². The van der Waals surface area contributed by atoms with E-state index >= 15 is 0 Å². The molecule has 2 rings (SSSR count). The van der Waals surface area contributed by atoms with Crippen molar-refractivity contribution in [3.05, 3.63) is 71.8 Å². The van der Waals surface area contributed by atoms with Gasteiger partial charge in [-0.05, 0) is 51.2 Å². The zero-order chi connectivity index (χ0) is 37.4. The number of amides is 6. The van der Waals surface area contributed by atoms with Crippen LogP contribution in [-0.4, -0.2) is 83.0 Å². The number of carboxylic acid groups (broad SMARTS) is 1. The summed E-state index contributed by atoms with van der Waals surface area (Å²) in [5.41, 5.74) is 1.47. The number of rotatable bonds is 18. The van der Waals surface area contributed by atoms with Crippen molar-refractivity contribution < 1.29 is 43.4 Å². The van der Waals surface area contributed by atoms with Crippen molar-refractivity contribution in [2.24, 2.45) is 5.92 Å². The van der Waals surface area contributed by atoms with Crippen molar-refractivity contribution >= 4 is 41.6 Å². The van der Waals surface area contributed by atoms with Gasteiger partial charge < -0.3 is 41.7 Å². The van der Waals surface area contributed by atoms with Gasteiger partial charge in [0, 0.05) is 6.42 Å². The third-order valence-corrected chi connectivity index (χ3v) is 7.43. The Hall–Kier alpha value is -5.47. The first-order valence-corrected chi connectivity index (χ1v) is 16.3. The summed E-state index contributed by atoms with van der Waals surface area (Å²) in [5.74, 6) is -4.72. The number of nitrogens with one attached hydrogen (secondary N) is 6. The summed E-state index contributed by atoms with van der Waals surface area (Å²) in [6.07, 6.45) is -0.545. The number of carbonyl (C=O) groups excluding carboxylic acids is 6.